The van der Waals surface area contributed by atoms with Gasteiger partial charge in [-0.05, 0) is 12.8 Å². The Morgan fingerprint density at radius 2 is 2.05 bits per heavy atom. The van der Waals surface area contributed by atoms with Crippen molar-refractivity contribution < 1.29 is 14.7 Å². The van der Waals surface area contributed by atoms with Gasteiger partial charge in [-0.1, -0.05) is 19.3 Å². The number of carboxylic acids is 1. The fourth-order valence-corrected chi connectivity index (χ4v) is 2.48. The molecule has 1 saturated carbocycles. The molecule has 1 aromatic heterocycles. The number of carboxylic acid groups (broad SMARTS) is 1. The van der Waals surface area contributed by atoms with Crippen LogP contribution in [0.5, 0.6) is 0 Å². The summed E-state index contributed by atoms with van der Waals surface area (Å²) in [6.07, 6.45) is 6.20. The number of hydrogen-bond acceptors (Lipinski definition) is 4. The van der Waals surface area contributed by atoms with Gasteiger partial charge in [-0.15, -0.1) is 0 Å². The number of aliphatic carboxylic acids is 1. The normalized spacial score (nSPS) is 22.8. The van der Waals surface area contributed by atoms with E-state index in [-0.39, 0.29) is 11.3 Å². The quantitative estimate of drug-likeness (QED) is 0.699. The fraction of sp³-hybridized carbons (Fsp3) is 0.538. The molecule has 1 aliphatic carbocycles. The topological polar surface area (TPSA) is 112 Å². The maximum absolute atomic E-state index is 12.0. The molecule has 2 rings (SSSR count). The predicted molar refractivity (Wildman–Crippen MR) is 70.3 cm³/mol. The highest BCUT2D eigenvalue weighted by molar-refractivity contribution is 5.92. The van der Waals surface area contributed by atoms with Crippen molar-refractivity contribution >= 4 is 11.9 Å². The Hall–Kier alpha value is -2.18. The van der Waals surface area contributed by atoms with Gasteiger partial charge < -0.3 is 15.4 Å². The Balaban J connectivity index is 2.09. The second-order valence-electron chi connectivity index (χ2n) is 4.96. The summed E-state index contributed by atoms with van der Waals surface area (Å²) in [5, 5.41) is 12.0. The molecule has 1 heterocycles. The van der Waals surface area contributed by atoms with E-state index in [9.17, 15) is 19.5 Å². The molecule has 0 aromatic carbocycles. The minimum Gasteiger partial charge on any atom is -0.481 e. The first-order valence-corrected chi connectivity index (χ1v) is 6.66. The van der Waals surface area contributed by atoms with Crippen LogP contribution in [-0.2, 0) is 4.79 Å². The van der Waals surface area contributed by atoms with Gasteiger partial charge in [0.15, 0.2) is 0 Å². The number of carbonyl (C=O) groups excluding carboxylic acids is 1. The lowest BCUT2D eigenvalue weighted by atomic mass is 9.95. The molecule has 1 amide bonds. The molecule has 1 fully saturated rings. The Morgan fingerprint density at radius 3 is 2.70 bits per heavy atom. The van der Waals surface area contributed by atoms with Crippen molar-refractivity contribution in [3.63, 3.8) is 0 Å². The molecule has 0 saturated heterocycles. The minimum atomic E-state index is -0.883. The van der Waals surface area contributed by atoms with Crippen molar-refractivity contribution in [1.29, 1.82) is 0 Å². The van der Waals surface area contributed by atoms with Crippen LogP contribution in [0, 0.1) is 5.92 Å². The van der Waals surface area contributed by atoms with E-state index >= 15 is 0 Å². The third-order valence-corrected chi connectivity index (χ3v) is 3.55. The van der Waals surface area contributed by atoms with Crippen LogP contribution >= 0.6 is 0 Å². The number of aromatic amines is 1. The second kappa shape index (κ2) is 6.31. The van der Waals surface area contributed by atoms with E-state index < -0.39 is 23.8 Å². The third-order valence-electron chi connectivity index (χ3n) is 3.55. The van der Waals surface area contributed by atoms with Gasteiger partial charge in [0.05, 0.1) is 12.1 Å². The van der Waals surface area contributed by atoms with Crippen molar-refractivity contribution in [2.45, 2.75) is 38.1 Å². The van der Waals surface area contributed by atoms with Crippen LogP contribution in [0.3, 0.4) is 0 Å². The number of hydrogen-bond donors (Lipinski definition) is 3. The van der Waals surface area contributed by atoms with Gasteiger partial charge in [0.2, 0.25) is 0 Å². The number of nitrogens with zero attached hydrogens (tertiary/aromatic N) is 1. The summed E-state index contributed by atoms with van der Waals surface area (Å²) in [4.78, 5) is 40.3. The largest absolute Gasteiger partial charge is 0.481 e. The van der Waals surface area contributed by atoms with E-state index in [0.29, 0.717) is 12.8 Å². The van der Waals surface area contributed by atoms with Gasteiger partial charge in [0.1, 0.15) is 5.69 Å². The smallest absolute Gasteiger partial charge is 0.308 e. The minimum absolute atomic E-state index is 0.0815. The van der Waals surface area contributed by atoms with Crippen LogP contribution in [0.4, 0.5) is 0 Å². The molecule has 1 aliphatic rings. The first-order valence-electron chi connectivity index (χ1n) is 6.66. The molecule has 20 heavy (non-hydrogen) atoms. The molecule has 2 unspecified atom stereocenters. The molecule has 0 radical (unpaired) electrons. The monoisotopic (exact) mass is 279 g/mol. The van der Waals surface area contributed by atoms with E-state index in [1.165, 1.54) is 6.20 Å². The predicted octanol–water partition coefficient (Wildman–Crippen LogP) is 0.533. The van der Waals surface area contributed by atoms with Gasteiger partial charge >= 0.3 is 5.97 Å². The number of rotatable bonds is 3. The van der Waals surface area contributed by atoms with Crippen LogP contribution in [0.25, 0.3) is 0 Å². The van der Waals surface area contributed by atoms with Gasteiger partial charge in [-0.2, -0.15) is 0 Å². The summed E-state index contributed by atoms with van der Waals surface area (Å²) < 4.78 is 0. The summed E-state index contributed by atoms with van der Waals surface area (Å²) in [7, 11) is 0. The first-order chi connectivity index (χ1) is 9.58. The van der Waals surface area contributed by atoms with E-state index in [4.69, 9.17) is 0 Å². The molecular formula is C13H17N3O4. The van der Waals surface area contributed by atoms with Gasteiger partial charge in [-0.25, -0.2) is 4.98 Å². The second-order valence-corrected chi connectivity index (χ2v) is 4.96. The Morgan fingerprint density at radius 1 is 1.30 bits per heavy atom. The van der Waals surface area contributed by atoms with Crippen molar-refractivity contribution in [3.8, 4) is 0 Å². The first kappa shape index (κ1) is 14.2. The van der Waals surface area contributed by atoms with Crippen LogP contribution < -0.4 is 10.9 Å². The molecule has 108 valence electrons. The SMILES string of the molecule is O=C(NC1CCCCCC1C(=O)O)c1c[nH]c(=O)cn1. The average molecular weight is 279 g/mol. The van der Waals surface area contributed by atoms with Crippen molar-refractivity contribution in [2.24, 2.45) is 5.92 Å². The number of amides is 1. The highest BCUT2D eigenvalue weighted by atomic mass is 16.4. The Kier molecular flexibility index (Phi) is 4.49. The zero-order valence-corrected chi connectivity index (χ0v) is 11.0. The molecule has 0 bridgehead atoms. The lowest BCUT2D eigenvalue weighted by Crippen LogP contribution is -2.43. The lowest BCUT2D eigenvalue weighted by Gasteiger charge is -2.22. The molecule has 0 spiro atoms. The Bertz CT molecular complexity index is 534. The zero-order chi connectivity index (χ0) is 14.5. The van der Waals surface area contributed by atoms with Crippen LogP contribution in [0.2, 0.25) is 0 Å². The number of carbonyl (C=O) groups is 2. The Labute approximate surface area is 115 Å². The van der Waals surface area contributed by atoms with E-state index in [2.05, 4.69) is 15.3 Å². The summed E-state index contributed by atoms with van der Waals surface area (Å²) >= 11 is 0. The van der Waals surface area contributed by atoms with Crippen molar-refractivity contribution in [1.82, 2.24) is 15.3 Å². The van der Waals surface area contributed by atoms with E-state index in [1.807, 2.05) is 0 Å². The maximum atomic E-state index is 12.0. The average Bonchev–Trinajstić information content (AvgIpc) is 2.65. The van der Waals surface area contributed by atoms with Crippen LogP contribution in [-0.4, -0.2) is 33.0 Å². The number of H-pyrrole nitrogens is 1. The van der Waals surface area contributed by atoms with Crippen LogP contribution in [0.1, 0.15) is 42.6 Å². The summed E-state index contributed by atoms with van der Waals surface area (Å²) in [5.74, 6) is -1.91. The molecule has 3 N–H and O–H groups in total. The number of aromatic nitrogens is 2. The molecule has 7 nitrogen and oxygen atoms in total. The standard InChI is InChI=1S/C13H17N3O4/c17-11-7-14-10(6-15-11)12(18)16-9-5-3-1-2-4-8(9)13(19)20/h6-9H,1-5H2,(H,15,17)(H,16,18)(H,19,20). The summed E-state index contributed by atoms with van der Waals surface area (Å²) in [6, 6.07) is -0.392. The van der Waals surface area contributed by atoms with E-state index in [1.54, 1.807) is 0 Å². The maximum Gasteiger partial charge on any atom is 0.308 e. The zero-order valence-electron chi connectivity index (χ0n) is 11.0. The van der Waals surface area contributed by atoms with Crippen molar-refractivity contribution in [3.05, 3.63) is 28.4 Å². The van der Waals surface area contributed by atoms with Gasteiger partial charge in [0.25, 0.3) is 11.5 Å². The summed E-state index contributed by atoms with van der Waals surface area (Å²) in [5.41, 5.74) is -0.308. The summed E-state index contributed by atoms with van der Waals surface area (Å²) in [6.45, 7) is 0. The van der Waals surface area contributed by atoms with Gasteiger partial charge in [-0.3, -0.25) is 14.4 Å². The fourth-order valence-electron chi connectivity index (χ4n) is 2.48. The number of nitrogens with one attached hydrogen (secondary N) is 2. The lowest BCUT2D eigenvalue weighted by molar-refractivity contribution is -0.142. The van der Waals surface area contributed by atoms with Gasteiger partial charge in [0, 0.05) is 12.2 Å². The van der Waals surface area contributed by atoms with Crippen LogP contribution in [0.15, 0.2) is 17.2 Å². The third kappa shape index (κ3) is 3.43. The highest BCUT2D eigenvalue weighted by Gasteiger charge is 2.30. The molecule has 0 aliphatic heterocycles. The molecule has 7 heteroatoms. The van der Waals surface area contributed by atoms with E-state index in [0.717, 1.165) is 25.5 Å². The highest BCUT2D eigenvalue weighted by Crippen LogP contribution is 2.24. The molecule has 2 atom stereocenters. The molecular weight excluding hydrogens is 262 g/mol. The molecule has 1 aromatic rings. The van der Waals surface area contributed by atoms with Crippen molar-refractivity contribution in [2.75, 3.05) is 0 Å².